The van der Waals surface area contributed by atoms with Gasteiger partial charge >= 0.3 is 0 Å². The largest absolute Gasteiger partial charge is 0.383 e. The molecule has 0 aliphatic heterocycles. The molecule has 142 valence electrons. The summed E-state index contributed by atoms with van der Waals surface area (Å²) in [4.78, 5) is 15.3. The summed E-state index contributed by atoms with van der Waals surface area (Å²) in [6.45, 7) is 7.73. The van der Waals surface area contributed by atoms with Crippen LogP contribution in [0.15, 0.2) is 24.3 Å². The lowest BCUT2D eigenvalue weighted by Crippen LogP contribution is -2.08. The molecule has 1 N–H and O–H groups in total. The lowest BCUT2D eigenvalue weighted by atomic mass is 10.1. The van der Waals surface area contributed by atoms with Crippen LogP contribution in [-0.4, -0.2) is 33.4 Å². The first-order valence-electron chi connectivity index (χ1n) is 8.72. The third kappa shape index (κ3) is 3.75. The van der Waals surface area contributed by atoms with Gasteiger partial charge in [0, 0.05) is 47.7 Å². The number of hydrogen-bond donors (Lipinski definition) is 1. The number of fused-ring (bicyclic) bond motifs is 1. The third-order valence-corrected chi connectivity index (χ3v) is 4.64. The highest BCUT2D eigenvalue weighted by atomic mass is 16.6. The van der Waals surface area contributed by atoms with Crippen molar-refractivity contribution in [3.8, 4) is 0 Å². The van der Waals surface area contributed by atoms with Crippen molar-refractivity contribution in [1.29, 1.82) is 0 Å². The van der Waals surface area contributed by atoms with Crippen molar-refractivity contribution >= 4 is 22.3 Å². The maximum absolute atomic E-state index is 11.3. The summed E-state index contributed by atoms with van der Waals surface area (Å²) < 4.78 is 7.07. The van der Waals surface area contributed by atoms with Crippen molar-refractivity contribution in [2.45, 2.75) is 33.9 Å². The van der Waals surface area contributed by atoms with Crippen LogP contribution in [0, 0.1) is 30.9 Å². The van der Waals surface area contributed by atoms with Gasteiger partial charge in [0.05, 0.1) is 23.8 Å². The molecule has 0 atom stereocenters. The zero-order valence-electron chi connectivity index (χ0n) is 15.9. The van der Waals surface area contributed by atoms with Crippen molar-refractivity contribution in [3.63, 3.8) is 0 Å². The van der Waals surface area contributed by atoms with E-state index in [2.05, 4.69) is 15.4 Å². The first-order valence-corrected chi connectivity index (χ1v) is 8.72. The van der Waals surface area contributed by atoms with E-state index in [1.54, 1.807) is 13.2 Å². The average Bonchev–Trinajstić information content (AvgIpc) is 2.90. The summed E-state index contributed by atoms with van der Waals surface area (Å²) in [5.74, 6) is 0. The Labute approximate surface area is 157 Å². The van der Waals surface area contributed by atoms with E-state index in [0.29, 0.717) is 25.2 Å². The molecule has 3 rings (SSSR count). The van der Waals surface area contributed by atoms with Gasteiger partial charge in [0.15, 0.2) is 5.52 Å². The molecule has 27 heavy (non-hydrogen) atoms. The van der Waals surface area contributed by atoms with Gasteiger partial charge in [0.25, 0.3) is 5.69 Å². The fourth-order valence-corrected chi connectivity index (χ4v) is 3.22. The smallest absolute Gasteiger partial charge is 0.295 e. The topological polar surface area (TPSA) is 95.1 Å². The van der Waals surface area contributed by atoms with Crippen molar-refractivity contribution in [2.75, 3.05) is 19.0 Å². The van der Waals surface area contributed by atoms with Crippen LogP contribution < -0.4 is 5.32 Å². The van der Waals surface area contributed by atoms with Gasteiger partial charge in [0.1, 0.15) is 0 Å². The van der Waals surface area contributed by atoms with Crippen LogP contribution in [0.25, 0.3) is 10.9 Å². The molecule has 2 heterocycles. The Morgan fingerprint density at radius 3 is 2.78 bits per heavy atom. The fraction of sp³-hybridized carbons (Fsp3) is 0.368. The predicted octanol–water partition coefficient (Wildman–Crippen LogP) is 3.52. The highest BCUT2D eigenvalue weighted by molar-refractivity contribution is 5.96. The molecular formula is C19H23N5O3. The first-order chi connectivity index (χ1) is 12.9. The second-order valence-corrected chi connectivity index (χ2v) is 6.46. The highest BCUT2D eigenvalue weighted by Gasteiger charge is 2.17. The maximum atomic E-state index is 11.3. The van der Waals surface area contributed by atoms with Gasteiger partial charge in [0.2, 0.25) is 0 Å². The molecule has 3 aromatic rings. The molecule has 0 saturated heterocycles. The Hall–Kier alpha value is -3.00. The number of hydrogen-bond acceptors (Lipinski definition) is 6. The third-order valence-electron chi connectivity index (χ3n) is 4.64. The molecule has 8 nitrogen and oxygen atoms in total. The van der Waals surface area contributed by atoms with E-state index in [-0.39, 0.29) is 5.69 Å². The van der Waals surface area contributed by atoms with E-state index >= 15 is 0 Å². The number of nitro groups is 1. The summed E-state index contributed by atoms with van der Waals surface area (Å²) in [5, 5.41) is 20.0. The van der Waals surface area contributed by atoms with Crippen molar-refractivity contribution < 1.29 is 9.66 Å². The molecule has 0 spiro atoms. The number of nitrogens with zero attached hydrogens (tertiary/aromatic N) is 4. The minimum atomic E-state index is -0.396. The minimum Gasteiger partial charge on any atom is -0.383 e. The minimum absolute atomic E-state index is 0.0130. The SMILES string of the molecule is COCCn1nc(C)c(CNc2cc(C)nc3c([N+](=O)[O-])cccc23)c1C. The van der Waals surface area contributed by atoms with Crippen LogP contribution in [0.1, 0.15) is 22.6 Å². The van der Waals surface area contributed by atoms with Gasteiger partial charge in [-0.05, 0) is 26.8 Å². The summed E-state index contributed by atoms with van der Waals surface area (Å²) in [6.07, 6.45) is 0. The molecule has 0 radical (unpaired) electrons. The van der Waals surface area contributed by atoms with Gasteiger partial charge < -0.3 is 10.1 Å². The van der Waals surface area contributed by atoms with E-state index in [1.165, 1.54) is 6.07 Å². The average molecular weight is 369 g/mol. The maximum Gasteiger partial charge on any atom is 0.295 e. The van der Waals surface area contributed by atoms with Crippen LogP contribution in [0.3, 0.4) is 0 Å². The van der Waals surface area contributed by atoms with Gasteiger partial charge in [-0.15, -0.1) is 0 Å². The Morgan fingerprint density at radius 2 is 2.07 bits per heavy atom. The number of aromatic nitrogens is 3. The van der Waals surface area contributed by atoms with Gasteiger partial charge in [-0.2, -0.15) is 5.10 Å². The molecule has 2 aromatic heterocycles. The fourth-order valence-electron chi connectivity index (χ4n) is 3.22. The normalized spacial score (nSPS) is 11.1. The Kier molecular flexibility index (Phi) is 5.36. The summed E-state index contributed by atoms with van der Waals surface area (Å²) in [5.41, 5.74) is 5.11. The zero-order valence-corrected chi connectivity index (χ0v) is 15.9. The summed E-state index contributed by atoms with van der Waals surface area (Å²) in [6, 6.07) is 6.92. The molecule has 0 aliphatic rings. The van der Waals surface area contributed by atoms with Crippen LogP contribution in [0.5, 0.6) is 0 Å². The molecule has 0 unspecified atom stereocenters. The Morgan fingerprint density at radius 1 is 1.30 bits per heavy atom. The van der Waals surface area contributed by atoms with Crippen LogP contribution >= 0.6 is 0 Å². The van der Waals surface area contributed by atoms with Gasteiger partial charge in [-0.3, -0.25) is 14.8 Å². The Bertz CT molecular complexity index is 997. The quantitative estimate of drug-likeness (QED) is 0.506. The standard InChI is InChI=1S/C19H23N5O3/c1-12-10-17(15-6-5-7-18(24(25)26)19(15)21-12)20-11-16-13(2)22-23(14(16)3)8-9-27-4/h5-7,10H,8-9,11H2,1-4H3,(H,20,21). The zero-order chi connectivity index (χ0) is 19.6. The van der Waals surface area contributed by atoms with Crippen LogP contribution in [0.4, 0.5) is 11.4 Å². The van der Waals surface area contributed by atoms with Gasteiger partial charge in [-0.25, -0.2) is 4.98 Å². The second-order valence-electron chi connectivity index (χ2n) is 6.46. The number of nitrogens with one attached hydrogen (secondary N) is 1. The van der Waals surface area contributed by atoms with Gasteiger partial charge in [-0.1, -0.05) is 12.1 Å². The van der Waals surface area contributed by atoms with Crippen LogP contribution in [-0.2, 0) is 17.8 Å². The van der Waals surface area contributed by atoms with Crippen molar-refractivity contribution in [2.24, 2.45) is 0 Å². The molecule has 0 saturated carbocycles. The predicted molar refractivity (Wildman–Crippen MR) is 104 cm³/mol. The Balaban J connectivity index is 1.93. The lowest BCUT2D eigenvalue weighted by molar-refractivity contribution is -0.383. The number of non-ortho nitro benzene ring substituents is 1. The van der Waals surface area contributed by atoms with Crippen LogP contribution in [0.2, 0.25) is 0 Å². The number of para-hydroxylation sites is 1. The monoisotopic (exact) mass is 369 g/mol. The molecule has 1 aromatic carbocycles. The van der Waals surface area contributed by atoms with Crippen molar-refractivity contribution in [1.82, 2.24) is 14.8 Å². The van der Waals surface area contributed by atoms with E-state index in [9.17, 15) is 10.1 Å². The molecule has 0 fully saturated rings. The number of ether oxygens (including phenoxy) is 1. The molecule has 0 aliphatic carbocycles. The molecule has 0 bridgehead atoms. The number of benzene rings is 1. The number of pyridine rings is 1. The number of anilines is 1. The van der Waals surface area contributed by atoms with E-state index in [1.807, 2.05) is 37.6 Å². The van der Waals surface area contributed by atoms with E-state index < -0.39 is 4.92 Å². The number of aryl methyl sites for hydroxylation is 2. The van der Waals surface area contributed by atoms with E-state index in [0.717, 1.165) is 33.7 Å². The molecule has 8 heteroatoms. The first kappa shape index (κ1) is 18.8. The summed E-state index contributed by atoms with van der Waals surface area (Å²) in [7, 11) is 1.67. The number of methoxy groups -OCH3 is 1. The number of rotatable bonds is 7. The van der Waals surface area contributed by atoms with Crippen molar-refractivity contribution in [3.05, 3.63) is 57.0 Å². The number of nitro benzene ring substituents is 1. The highest BCUT2D eigenvalue weighted by Crippen LogP contribution is 2.30. The second kappa shape index (κ2) is 7.71. The molecular weight excluding hydrogens is 346 g/mol. The van der Waals surface area contributed by atoms with E-state index in [4.69, 9.17) is 4.74 Å². The molecule has 0 amide bonds. The lowest BCUT2D eigenvalue weighted by Gasteiger charge is -2.11. The summed E-state index contributed by atoms with van der Waals surface area (Å²) >= 11 is 0.